The normalized spacial score (nSPS) is 11.7. The summed E-state index contributed by atoms with van der Waals surface area (Å²) in [6, 6.07) is 9.07. The summed E-state index contributed by atoms with van der Waals surface area (Å²) in [6.07, 6.45) is 0. The highest BCUT2D eigenvalue weighted by atomic mass is 32.2. The van der Waals surface area contributed by atoms with E-state index < -0.39 is 26.6 Å². The van der Waals surface area contributed by atoms with Crippen molar-refractivity contribution in [3.8, 4) is 5.75 Å². The zero-order valence-corrected chi connectivity index (χ0v) is 12.9. The summed E-state index contributed by atoms with van der Waals surface area (Å²) < 4.78 is 57.1. The van der Waals surface area contributed by atoms with E-state index in [4.69, 9.17) is 4.74 Å². The maximum atomic E-state index is 13.2. The van der Waals surface area contributed by atoms with E-state index in [-0.39, 0.29) is 6.54 Å². The van der Waals surface area contributed by atoms with Crippen molar-refractivity contribution in [3.63, 3.8) is 0 Å². The van der Waals surface area contributed by atoms with Crippen LogP contribution in [0.5, 0.6) is 5.75 Å². The number of ether oxygens (including phenoxy) is 1. The molecule has 0 heterocycles. The second-order valence-electron chi connectivity index (χ2n) is 4.71. The van der Waals surface area contributed by atoms with Crippen molar-refractivity contribution in [2.24, 2.45) is 0 Å². The predicted molar refractivity (Wildman–Crippen MR) is 78.0 cm³/mol. The van der Waals surface area contributed by atoms with Gasteiger partial charge in [0.2, 0.25) is 10.0 Å². The minimum atomic E-state index is -3.98. The molecule has 0 radical (unpaired) electrons. The van der Waals surface area contributed by atoms with Crippen molar-refractivity contribution in [1.82, 2.24) is 4.31 Å². The van der Waals surface area contributed by atoms with Crippen LogP contribution in [0.25, 0.3) is 0 Å². The van der Waals surface area contributed by atoms with Crippen LogP contribution in [-0.2, 0) is 16.6 Å². The Hall–Kier alpha value is -1.99. The monoisotopic (exact) mass is 327 g/mol. The van der Waals surface area contributed by atoms with Crippen LogP contribution >= 0.6 is 0 Å². The van der Waals surface area contributed by atoms with Crippen molar-refractivity contribution in [2.45, 2.75) is 11.4 Å². The summed E-state index contributed by atoms with van der Waals surface area (Å²) in [7, 11) is -1.09. The Morgan fingerprint density at radius 2 is 1.59 bits per heavy atom. The average molecular weight is 327 g/mol. The fraction of sp³-hybridized carbons (Fsp3) is 0.200. The molecule has 0 aromatic heterocycles. The Balaban J connectivity index is 2.24. The molecule has 7 heteroatoms. The SMILES string of the molecule is COc1ccc(CN(C)S(=O)(=O)c2cc(F)cc(F)c2)cc1. The number of nitrogens with zero attached hydrogens (tertiary/aromatic N) is 1. The van der Waals surface area contributed by atoms with Crippen molar-refractivity contribution < 1.29 is 21.9 Å². The smallest absolute Gasteiger partial charge is 0.243 e. The van der Waals surface area contributed by atoms with E-state index in [0.29, 0.717) is 11.8 Å². The molecule has 0 spiro atoms. The van der Waals surface area contributed by atoms with Crippen LogP contribution in [0, 0.1) is 11.6 Å². The van der Waals surface area contributed by atoms with E-state index in [0.717, 1.165) is 22.0 Å². The quantitative estimate of drug-likeness (QED) is 0.848. The molecule has 2 aromatic rings. The molecule has 0 saturated heterocycles. The van der Waals surface area contributed by atoms with Gasteiger partial charge in [0.05, 0.1) is 12.0 Å². The molecule has 4 nitrogen and oxygen atoms in total. The number of sulfonamides is 1. The van der Waals surface area contributed by atoms with E-state index in [2.05, 4.69) is 0 Å². The maximum Gasteiger partial charge on any atom is 0.243 e. The molecule has 0 bridgehead atoms. The summed E-state index contributed by atoms with van der Waals surface area (Å²) in [5.74, 6) is -1.21. The first-order chi connectivity index (χ1) is 10.3. The van der Waals surface area contributed by atoms with Crippen molar-refractivity contribution in [2.75, 3.05) is 14.2 Å². The summed E-state index contributed by atoms with van der Waals surface area (Å²) in [5.41, 5.74) is 0.726. The van der Waals surface area contributed by atoms with Gasteiger partial charge in [0.15, 0.2) is 0 Å². The van der Waals surface area contributed by atoms with Crippen LogP contribution in [0.4, 0.5) is 8.78 Å². The van der Waals surface area contributed by atoms with E-state index >= 15 is 0 Å². The van der Waals surface area contributed by atoms with Crippen molar-refractivity contribution in [1.29, 1.82) is 0 Å². The zero-order chi connectivity index (χ0) is 16.3. The van der Waals surface area contributed by atoms with Crippen LogP contribution < -0.4 is 4.74 Å². The molecular weight excluding hydrogens is 312 g/mol. The molecule has 0 unspecified atom stereocenters. The van der Waals surface area contributed by atoms with Gasteiger partial charge in [0.1, 0.15) is 17.4 Å². The number of halogens is 2. The van der Waals surface area contributed by atoms with Crippen LogP contribution in [0.1, 0.15) is 5.56 Å². The summed E-state index contributed by atoms with van der Waals surface area (Å²) >= 11 is 0. The van der Waals surface area contributed by atoms with Crippen molar-refractivity contribution in [3.05, 3.63) is 59.7 Å². The van der Waals surface area contributed by atoms with Gasteiger partial charge in [-0.3, -0.25) is 0 Å². The maximum absolute atomic E-state index is 13.2. The minimum Gasteiger partial charge on any atom is -0.497 e. The zero-order valence-electron chi connectivity index (χ0n) is 12.1. The molecule has 0 atom stereocenters. The van der Waals surface area contributed by atoms with Gasteiger partial charge < -0.3 is 4.74 Å². The summed E-state index contributed by atoms with van der Waals surface area (Å²) in [4.78, 5) is -0.416. The fourth-order valence-corrected chi connectivity index (χ4v) is 3.13. The third-order valence-electron chi connectivity index (χ3n) is 3.11. The Bertz CT molecular complexity index is 741. The highest BCUT2D eigenvalue weighted by Gasteiger charge is 2.22. The lowest BCUT2D eigenvalue weighted by molar-refractivity contribution is 0.414. The largest absolute Gasteiger partial charge is 0.497 e. The second kappa shape index (κ2) is 6.41. The number of rotatable bonds is 5. The molecular formula is C15H15F2NO3S. The first-order valence-electron chi connectivity index (χ1n) is 6.38. The fourth-order valence-electron chi connectivity index (χ4n) is 1.93. The molecule has 22 heavy (non-hydrogen) atoms. The Kier molecular flexibility index (Phi) is 4.77. The molecule has 0 fully saturated rings. The van der Waals surface area contributed by atoms with E-state index in [9.17, 15) is 17.2 Å². The molecule has 0 aliphatic carbocycles. The lowest BCUT2D eigenvalue weighted by Crippen LogP contribution is -2.26. The van der Waals surface area contributed by atoms with Crippen LogP contribution in [0.3, 0.4) is 0 Å². The molecule has 0 aliphatic heterocycles. The topological polar surface area (TPSA) is 46.6 Å². The van der Waals surface area contributed by atoms with Gasteiger partial charge >= 0.3 is 0 Å². The molecule has 2 aromatic carbocycles. The third-order valence-corrected chi connectivity index (χ3v) is 4.89. The van der Waals surface area contributed by atoms with E-state index in [1.165, 1.54) is 14.2 Å². The van der Waals surface area contributed by atoms with Crippen molar-refractivity contribution >= 4 is 10.0 Å². The van der Waals surface area contributed by atoms with Gasteiger partial charge in [-0.1, -0.05) is 12.1 Å². The molecule has 0 saturated carbocycles. The highest BCUT2D eigenvalue weighted by Crippen LogP contribution is 2.20. The van der Waals surface area contributed by atoms with Gasteiger partial charge in [-0.2, -0.15) is 4.31 Å². The second-order valence-corrected chi connectivity index (χ2v) is 6.76. The first-order valence-corrected chi connectivity index (χ1v) is 7.82. The van der Waals surface area contributed by atoms with Crippen LogP contribution in [0.15, 0.2) is 47.4 Å². The predicted octanol–water partition coefficient (Wildman–Crippen LogP) is 2.79. The van der Waals surface area contributed by atoms with Crippen LogP contribution in [-0.4, -0.2) is 26.9 Å². The summed E-state index contributed by atoms with van der Waals surface area (Å²) in [6.45, 7) is 0.0739. The lowest BCUT2D eigenvalue weighted by atomic mass is 10.2. The minimum absolute atomic E-state index is 0.0739. The number of hydrogen-bond donors (Lipinski definition) is 0. The standard InChI is InChI=1S/C15H15F2NO3S/c1-18(10-11-3-5-14(21-2)6-4-11)22(19,20)15-8-12(16)7-13(17)9-15/h3-9H,10H2,1-2H3. The molecule has 2 rings (SSSR count). The molecule has 0 aliphatic rings. The summed E-state index contributed by atoms with van der Waals surface area (Å²) in [5, 5.41) is 0. The lowest BCUT2D eigenvalue weighted by Gasteiger charge is -2.17. The highest BCUT2D eigenvalue weighted by molar-refractivity contribution is 7.89. The Morgan fingerprint density at radius 3 is 2.09 bits per heavy atom. The van der Waals surface area contributed by atoms with Gasteiger partial charge in [-0.25, -0.2) is 17.2 Å². The molecule has 118 valence electrons. The van der Waals surface area contributed by atoms with Crippen LogP contribution in [0.2, 0.25) is 0 Å². The van der Waals surface area contributed by atoms with E-state index in [1.807, 2.05) is 0 Å². The van der Waals surface area contributed by atoms with Gasteiger partial charge in [-0.15, -0.1) is 0 Å². The third kappa shape index (κ3) is 3.61. The average Bonchev–Trinajstić information content (AvgIpc) is 2.47. The first kappa shape index (κ1) is 16.4. The van der Waals surface area contributed by atoms with Gasteiger partial charge in [0, 0.05) is 19.7 Å². The number of methoxy groups -OCH3 is 1. The Morgan fingerprint density at radius 1 is 1.05 bits per heavy atom. The van der Waals surface area contributed by atoms with Gasteiger partial charge in [0.25, 0.3) is 0 Å². The molecule has 0 N–H and O–H groups in total. The number of hydrogen-bond acceptors (Lipinski definition) is 3. The number of benzene rings is 2. The van der Waals surface area contributed by atoms with E-state index in [1.54, 1.807) is 24.3 Å². The molecule has 0 amide bonds. The Labute approximate surface area is 128 Å². The van der Waals surface area contributed by atoms with Gasteiger partial charge in [-0.05, 0) is 29.8 Å².